The van der Waals surface area contributed by atoms with Crippen molar-refractivity contribution in [2.24, 2.45) is 0 Å². The third-order valence-corrected chi connectivity index (χ3v) is 4.90. The zero-order valence-corrected chi connectivity index (χ0v) is 17.0. The first-order valence-corrected chi connectivity index (χ1v) is 9.92. The molecule has 0 saturated carbocycles. The first-order chi connectivity index (χ1) is 15.6. The van der Waals surface area contributed by atoms with E-state index in [2.05, 4.69) is 20.6 Å². The van der Waals surface area contributed by atoms with Crippen LogP contribution in [0.15, 0.2) is 90.1 Å². The Morgan fingerprint density at radius 2 is 1.84 bits per heavy atom. The average molecular weight is 427 g/mol. The van der Waals surface area contributed by atoms with Crippen LogP contribution < -0.4 is 10.6 Å². The second-order valence-corrected chi connectivity index (χ2v) is 7.08. The summed E-state index contributed by atoms with van der Waals surface area (Å²) in [6.07, 6.45) is 6.39. The number of pyridine rings is 1. The number of anilines is 1. The molecule has 8 heteroatoms. The van der Waals surface area contributed by atoms with Crippen molar-refractivity contribution in [2.45, 2.75) is 12.5 Å². The molecule has 8 nitrogen and oxygen atoms in total. The molecule has 0 radical (unpaired) electrons. The highest BCUT2D eigenvalue weighted by atomic mass is 16.3. The van der Waals surface area contributed by atoms with Crippen molar-refractivity contribution >= 4 is 17.4 Å². The maximum absolute atomic E-state index is 12.7. The maximum atomic E-state index is 12.7. The Labute approximate surface area is 184 Å². The fraction of sp³-hybridized carbons (Fsp3) is 0.0833. The summed E-state index contributed by atoms with van der Waals surface area (Å²) in [5, 5.41) is 24.4. The molecule has 160 valence electrons. The van der Waals surface area contributed by atoms with Crippen LogP contribution in [0, 0.1) is 5.41 Å². The van der Waals surface area contributed by atoms with Crippen LogP contribution in [0.5, 0.6) is 5.75 Å². The Morgan fingerprint density at radius 1 is 1.03 bits per heavy atom. The minimum absolute atomic E-state index is 0.0493. The van der Waals surface area contributed by atoms with Crippen LogP contribution in [0.1, 0.15) is 23.6 Å². The molecule has 1 atom stereocenters. The Morgan fingerprint density at radius 3 is 2.53 bits per heavy atom. The van der Waals surface area contributed by atoms with Crippen molar-refractivity contribution in [3.8, 4) is 17.1 Å². The molecule has 2 heterocycles. The van der Waals surface area contributed by atoms with Gasteiger partial charge >= 0.3 is 6.03 Å². The van der Waals surface area contributed by atoms with Crippen molar-refractivity contribution in [3.63, 3.8) is 0 Å². The Balaban J connectivity index is 1.48. The summed E-state index contributed by atoms with van der Waals surface area (Å²) in [4.78, 5) is 20.7. The van der Waals surface area contributed by atoms with E-state index in [0.29, 0.717) is 28.3 Å². The number of amides is 2. The summed E-state index contributed by atoms with van der Waals surface area (Å²) in [5.74, 6) is 0.683. The highest BCUT2D eigenvalue weighted by molar-refractivity contribution is 5.99. The van der Waals surface area contributed by atoms with E-state index >= 15 is 0 Å². The number of aromatic hydroxyl groups is 1. The van der Waals surface area contributed by atoms with Gasteiger partial charge in [-0.15, -0.1) is 0 Å². The Hall–Kier alpha value is -4.46. The number of nitrogens with zero attached hydrogens (tertiary/aromatic N) is 2. The molecule has 0 fully saturated rings. The van der Waals surface area contributed by atoms with E-state index in [1.807, 2.05) is 12.1 Å². The fourth-order valence-corrected chi connectivity index (χ4v) is 3.29. The lowest BCUT2D eigenvalue weighted by Gasteiger charge is -2.21. The molecular weight excluding hydrogens is 406 g/mol. The van der Waals surface area contributed by atoms with E-state index in [-0.39, 0.29) is 12.2 Å². The van der Waals surface area contributed by atoms with Gasteiger partial charge in [0, 0.05) is 46.9 Å². The van der Waals surface area contributed by atoms with E-state index < -0.39 is 12.1 Å². The number of rotatable bonds is 7. The summed E-state index contributed by atoms with van der Waals surface area (Å²) >= 11 is 0. The maximum Gasteiger partial charge on any atom is 0.319 e. The van der Waals surface area contributed by atoms with Crippen LogP contribution in [-0.2, 0) is 0 Å². The molecule has 0 aliphatic heterocycles. The number of para-hydroxylation sites is 1. The molecule has 0 aliphatic rings. The zero-order chi connectivity index (χ0) is 22.3. The summed E-state index contributed by atoms with van der Waals surface area (Å²) in [6, 6.07) is 16.4. The Bertz CT molecular complexity index is 1190. The molecule has 32 heavy (non-hydrogen) atoms. The van der Waals surface area contributed by atoms with Crippen LogP contribution in [0.2, 0.25) is 0 Å². The highest BCUT2D eigenvalue weighted by Crippen LogP contribution is 2.27. The molecule has 2 amide bonds. The second kappa shape index (κ2) is 9.57. The molecule has 0 aliphatic carbocycles. The monoisotopic (exact) mass is 427 g/mol. The van der Waals surface area contributed by atoms with Crippen molar-refractivity contribution in [1.29, 1.82) is 5.41 Å². The number of oxazole rings is 1. The van der Waals surface area contributed by atoms with E-state index in [9.17, 15) is 9.90 Å². The molecule has 4 N–H and O–H groups in total. The van der Waals surface area contributed by atoms with Crippen LogP contribution in [0.3, 0.4) is 0 Å². The topological polar surface area (TPSA) is 124 Å². The largest absolute Gasteiger partial charge is 0.508 e. The van der Waals surface area contributed by atoms with E-state index in [1.54, 1.807) is 67.1 Å². The van der Waals surface area contributed by atoms with Crippen LogP contribution >= 0.6 is 0 Å². The SMILES string of the molecule is N=C(CC(NC(=O)Nc1ccc(-c2cnco2)cc1)c1ccccc1O)c1cccnc1. The summed E-state index contributed by atoms with van der Waals surface area (Å²) in [7, 11) is 0. The predicted octanol–water partition coefficient (Wildman–Crippen LogP) is 4.76. The molecular formula is C24H21N5O3. The molecule has 2 aromatic carbocycles. The fourth-order valence-electron chi connectivity index (χ4n) is 3.29. The third kappa shape index (κ3) is 4.99. The highest BCUT2D eigenvalue weighted by Gasteiger charge is 2.20. The lowest BCUT2D eigenvalue weighted by Crippen LogP contribution is -2.34. The van der Waals surface area contributed by atoms with Gasteiger partial charge in [0.05, 0.1) is 12.2 Å². The number of carbonyl (C=O) groups excluding carboxylic acids is 1. The molecule has 0 spiro atoms. The molecule has 4 rings (SSSR count). The standard InChI is InChI=1S/C24H21N5O3/c25-20(17-4-3-11-26-13-17)12-21(19-5-1-2-6-22(19)30)29-24(31)28-18-9-7-16(8-10-18)23-14-27-15-32-23/h1-11,13-15,21,25,30H,12H2,(H2,28,29,31). The van der Waals surface area contributed by atoms with Crippen molar-refractivity contribution in [1.82, 2.24) is 15.3 Å². The first kappa shape index (κ1) is 20.8. The van der Waals surface area contributed by atoms with E-state index in [0.717, 1.165) is 5.56 Å². The van der Waals surface area contributed by atoms with Gasteiger partial charge in [-0.3, -0.25) is 4.98 Å². The molecule has 4 aromatic rings. The summed E-state index contributed by atoms with van der Waals surface area (Å²) in [6.45, 7) is 0. The van der Waals surface area contributed by atoms with Gasteiger partial charge in [-0.2, -0.15) is 0 Å². The lowest BCUT2D eigenvalue weighted by molar-refractivity contribution is 0.248. The van der Waals surface area contributed by atoms with E-state index in [4.69, 9.17) is 9.83 Å². The van der Waals surface area contributed by atoms with Gasteiger partial charge in [0.15, 0.2) is 12.2 Å². The molecule has 0 saturated heterocycles. The Kier molecular flexibility index (Phi) is 6.22. The van der Waals surface area contributed by atoms with Gasteiger partial charge in [-0.25, -0.2) is 9.78 Å². The molecule has 0 bridgehead atoms. The summed E-state index contributed by atoms with van der Waals surface area (Å²) < 4.78 is 5.27. The van der Waals surface area contributed by atoms with Gasteiger partial charge in [-0.05, 0) is 36.4 Å². The van der Waals surface area contributed by atoms with Crippen LogP contribution in [-0.4, -0.2) is 26.8 Å². The first-order valence-electron chi connectivity index (χ1n) is 9.92. The van der Waals surface area contributed by atoms with Crippen LogP contribution in [0.4, 0.5) is 10.5 Å². The molecule has 1 unspecified atom stereocenters. The number of benzene rings is 2. The number of phenolic OH excluding ortho intramolecular Hbond substituents is 1. The normalized spacial score (nSPS) is 11.5. The predicted molar refractivity (Wildman–Crippen MR) is 121 cm³/mol. The number of phenols is 1. The molecule has 2 aromatic heterocycles. The smallest absolute Gasteiger partial charge is 0.319 e. The number of carbonyl (C=O) groups is 1. The lowest BCUT2D eigenvalue weighted by atomic mass is 9.97. The van der Waals surface area contributed by atoms with Crippen molar-refractivity contribution < 1.29 is 14.3 Å². The minimum Gasteiger partial charge on any atom is -0.508 e. The van der Waals surface area contributed by atoms with E-state index in [1.165, 1.54) is 6.39 Å². The quantitative estimate of drug-likeness (QED) is 0.317. The minimum atomic E-state index is -0.614. The second-order valence-electron chi connectivity index (χ2n) is 7.08. The number of hydrogen-bond acceptors (Lipinski definition) is 6. The van der Waals surface area contributed by atoms with Gasteiger partial charge in [0.1, 0.15) is 5.75 Å². The third-order valence-electron chi connectivity index (χ3n) is 4.90. The van der Waals surface area contributed by atoms with Gasteiger partial charge < -0.3 is 25.6 Å². The number of urea groups is 1. The van der Waals surface area contributed by atoms with Crippen molar-refractivity contribution in [3.05, 3.63) is 96.8 Å². The number of nitrogens with one attached hydrogen (secondary N) is 3. The van der Waals surface area contributed by atoms with Gasteiger partial charge in [0.2, 0.25) is 0 Å². The summed E-state index contributed by atoms with van der Waals surface area (Å²) in [5.41, 5.74) is 2.90. The number of hydrogen-bond donors (Lipinski definition) is 4. The van der Waals surface area contributed by atoms with Crippen molar-refractivity contribution in [2.75, 3.05) is 5.32 Å². The van der Waals surface area contributed by atoms with Crippen LogP contribution in [0.25, 0.3) is 11.3 Å². The average Bonchev–Trinajstić information content (AvgIpc) is 3.35. The van der Waals surface area contributed by atoms with Gasteiger partial charge in [-0.1, -0.05) is 24.3 Å². The number of aromatic nitrogens is 2. The zero-order valence-electron chi connectivity index (χ0n) is 17.0. The van der Waals surface area contributed by atoms with Gasteiger partial charge in [0.25, 0.3) is 0 Å².